The quantitative estimate of drug-likeness (QED) is 0.447. The van der Waals surface area contributed by atoms with Gasteiger partial charge in [0.2, 0.25) is 0 Å². The van der Waals surface area contributed by atoms with Crippen LogP contribution in [0.1, 0.15) is 73.0 Å². The number of nitrogens with one attached hydrogen (secondary N) is 1. The first-order chi connectivity index (χ1) is 18.1. The lowest BCUT2D eigenvalue weighted by atomic mass is 9.85. The number of aromatic nitrogens is 1. The van der Waals surface area contributed by atoms with Gasteiger partial charge in [0.1, 0.15) is 11.9 Å². The van der Waals surface area contributed by atoms with Crippen LogP contribution >= 0.6 is 0 Å². The number of fused-ring (bicyclic) bond motifs is 1. The second kappa shape index (κ2) is 12.3. The highest BCUT2D eigenvalue weighted by atomic mass is 19.1. The van der Waals surface area contributed by atoms with Crippen molar-refractivity contribution in [2.45, 2.75) is 69.4 Å². The van der Waals surface area contributed by atoms with Gasteiger partial charge < -0.3 is 19.9 Å². The molecule has 5 rings (SSSR count). The van der Waals surface area contributed by atoms with Crippen molar-refractivity contribution in [3.8, 4) is 0 Å². The van der Waals surface area contributed by atoms with Crippen LogP contribution in [-0.4, -0.2) is 66.5 Å². The fourth-order valence-electron chi connectivity index (χ4n) is 5.95. The Bertz CT molecular complexity index is 1080. The number of hydrogen-bond donors (Lipinski definition) is 2. The molecule has 0 amide bonds. The first-order valence-electron chi connectivity index (χ1n) is 13.8. The Morgan fingerprint density at radius 2 is 2.08 bits per heavy atom. The number of ether oxygens (including phenoxy) is 2. The van der Waals surface area contributed by atoms with Crippen LogP contribution in [0.4, 0.5) is 10.1 Å². The third-order valence-corrected chi connectivity index (χ3v) is 7.90. The minimum Gasteiger partial charge on any atom is -0.480 e. The maximum Gasteiger partial charge on any atom is 0.325 e. The predicted octanol–water partition coefficient (Wildman–Crippen LogP) is 4.71. The molecule has 1 aromatic heterocycles. The third-order valence-electron chi connectivity index (χ3n) is 7.90. The second-order valence-electron chi connectivity index (χ2n) is 10.5. The topological polar surface area (TPSA) is 83.9 Å². The first-order valence-corrected chi connectivity index (χ1v) is 13.8. The lowest BCUT2D eigenvalue weighted by Gasteiger charge is -2.30. The summed E-state index contributed by atoms with van der Waals surface area (Å²) in [5.74, 6) is -1.14. The molecular weight excluding hydrogens is 473 g/mol. The number of benzene rings is 1. The van der Waals surface area contributed by atoms with Gasteiger partial charge in [-0.3, -0.25) is 14.7 Å². The lowest BCUT2D eigenvalue weighted by molar-refractivity contribution is -0.143. The summed E-state index contributed by atoms with van der Waals surface area (Å²) in [7, 11) is 0. The minimum absolute atomic E-state index is 0.00474. The molecule has 2 fully saturated rings. The van der Waals surface area contributed by atoms with Crippen molar-refractivity contribution in [3.63, 3.8) is 0 Å². The number of carboxylic acid groups (broad SMARTS) is 1. The first kappa shape index (κ1) is 26.1. The van der Waals surface area contributed by atoms with Crippen LogP contribution < -0.4 is 5.32 Å². The smallest absolute Gasteiger partial charge is 0.325 e. The summed E-state index contributed by atoms with van der Waals surface area (Å²) >= 11 is 0. The van der Waals surface area contributed by atoms with Gasteiger partial charge in [-0.25, -0.2) is 4.39 Å². The number of likely N-dealkylation sites (tertiary alicyclic amines) is 1. The molecule has 7 nitrogen and oxygen atoms in total. The van der Waals surface area contributed by atoms with E-state index in [2.05, 4.69) is 17.4 Å². The van der Waals surface area contributed by atoms with Crippen molar-refractivity contribution in [2.75, 3.05) is 44.8 Å². The van der Waals surface area contributed by atoms with Crippen LogP contribution in [0.3, 0.4) is 0 Å². The fourth-order valence-corrected chi connectivity index (χ4v) is 5.95. The number of hydrogen-bond acceptors (Lipinski definition) is 6. The number of unbranched alkanes of at least 4 members (excludes halogenated alkanes) is 1. The van der Waals surface area contributed by atoms with E-state index in [0.717, 1.165) is 69.2 Å². The molecule has 37 heavy (non-hydrogen) atoms. The minimum atomic E-state index is -0.938. The normalized spacial score (nSPS) is 21.4. The average molecular weight is 512 g/mol. The van der Waals surface area contributed by atoms with Gasteiger partial charge in [0.25, 0.3) is 0 Å². The van der Waals surface area contributed by atoms with Gasteiger partial charge in [-0.15, -0.1) is 0 Å². The van der Waals surface area contributed by atoms with Gasteiger partial charge >= 0.3 is 5.97 Å². The molecule has 2 atom stereocenters. The zero-order chi connectivity index (χ0) is 25.6. The lowest BCUT2D eigenvalue weighted by Crippen LogP contribution is -2.34. The van der Waals surface area contributed by atoms with E-state index in [9.17, 15) is 14.3 Å². The molecule has 0 saturated carbocycles. The molecule has 1 aromatic carbocycles. The Balaban J connectivity index is 1.13. The molecule has 1 unspecified atom stereocenters. The zero-order valence-electron chi connectivity index (χ0n) is 21.5. The molecule has 2 saturated heterocycles. The van der Waals surface area contributed by atoms with Crippen LogP contribution in [-0.2, 0) is 27.1 Å². The van der Waals surface area contributed by atoms with Crippen molar-refractivity contribution in [1.82, 2.24) is 9.88 Å². The number of halogens is 1. The standard InChI is InChI=1S/C29H38FN3O4/c30-21-6-8-24(20-11-16-36-17-12-20)25(18-21)28(29(34)35)33-14-10-23(19-33)37-15-2-1-4-22-7-9-26-27(32-22)5-3-13-31-26/h6-9,18,20,23,28,31H,1-5,10-17,19H2,(H,34,35)/t23-,28?/m1/s1. The Hall–Kier alpha value is -2.55. The molecule has 0 radical (unpaired) electrons. The van der Waals surface area contributed by atoms with E-state index < -0.39 is 17.8 Å². The van der Waals surface area contributed by atoms with Crippen molar-refractivity contribution in [3.05, 3.63) is 58.7 Å². The Morgan fingerprint density at radius 1 is 1.22 bits per heavy atom. The molecular formula is C29H38FN3O4. The molecule has 0 aliphatic carbocycles. The van der Waals surface area contributed by atoms with E-state index in [0.29, 0.717) is 38.5 Å². The number of pyridine rings is 1. The second-order valence-corrected chi connectivity index (χ2v) is 10.5. The van der Waals surface area contributed by atoms with Crippen LogP contribution in [0.15, 0.2) is 30.3 Å². The highest BCUT2D eigenvalue weighted by molar-refractivity contribution is 5.76. The van der Waals surface area contributed by atoms with Crippen molar-refractivity contribution >= 4 is 11.7 Å². The van der Waals surface area contributed by atoms with E-state index in [1.807, 2.05) is 4.90 Å². The van der Waals surface area contributed by atoms with E-state index in [-0.39, 0.29) is 12.0 Å². The van der Waals surface area contributed by atoms with Gasteiger partial charge in [0.15, 0.2) is 0 Å². The Labute approximate surface area is 218 Å². The summed E-state index contributed by atoms with van der Waals surface area (Å²) in [6.07, 6.45) is 7.49. The van der Waals surface area contributed by atoms with E-state index >= 15 is 0 Å². The van der Waals surface area contributed by atoms with Crippen LogP contribution in [0.2, 0.25) is 0 Å². The monoisotopic (exact) mass is 511 g/mol. The number of anilines is 1. The average Bonchev–Trinajstić information content (AvgIpc) is 3.37. The molecule has 2 aromatic rings. The van der Waals surface area contributed by atoms with Crippen LogP contribution in [0.5, 0.6) is 0 Å². The van der Waals surface area contributed by atoms with Crippen molar-refractivity contribution in [2.24, 2.45) is 0 Å². The number of rotatable bonds is 10. The summed E-state index contributed by atoms with van der Waals surface area (Å²) in [6, 6.07) is 8.02. The molecule has 3 aliphatic heterocycles. The maximum absolute atomic E-state index is 14.3. The van der Waals surface area contributed by atoms with Gasteiger partial charge in [-0.05, 0) is 92.7 Å². The van der Waals surface area contributed by atoms with Gasteiger partial charge in [-0.1, -0.05) is 6.07 Å². The van der Waals surface area contributed by atoms with Crippen LogP contribution in [0.25, 0.3) is 0 Å². The maximum atomic E-state index is 14.3. The molecule has 0 spiro atoms. The molecule has 200 valence electrons. The van der Waals surface area contributed by atoms with E-state index in [1.54, 1.807) is 6.07 Å². The molecule has 0 bridgehead atoms. The summed E-state index contributed by atoms with van der Waals surface area (Å²) in [5, 5.41) is 13.6. The van der Waals surface area contributed by atoms with Crippen molar-refractivity contribution in [1.29, 1.82) is 0 Å². The number of nitrogens with zero attached hydrogens (tertiary/aromatic N) is 2. The molecule has 8 heteroatoms. The summed E-state index contributed by atoms with van der Waals surface area (Å²) in [4.78, 5) is 19.2. The van der Waals surface area contributed by atoms with Gasteiger partial charge in [0.05, 0.1) is 17.5 Å². The number of carboxylic acids is 1. The Kier molecular flexibility index (Phi) is 8.69. The summed E-state index contributed by atoms with van der Waals surface area (Å²) in [5.41, 5.74) is 4.99. The van der Waals surface area contributed by atoms with Crippen LogP contribution in [0, 0.1) is 5.82 Å². The molecule has 2 N–H and O–H groups in total. The summed E-state index contributed by atoms with van der Waals surface area (Å²) in [6.45, 7) is 4.14. The number of aliphatic carboxylic acids is 1. The molecule has 3 aliphatic rings. The molecule has 4 heterocycles. The SMILES string of the molecule is O=C(O)C(c1cc(F)ccc1C1CCOCC1)N1CC[C@@H](OCCCCc2ccc3c(n2)CCCN3)C1. The van der Waals surface area contributed by atoms with Crippen molar-refractivity contribution < 1.29 is 23.8 Å². The van der Waals surface area contributed by atoms with E-state index in [4.69, 9.17) is 14.5 Å². The third kappa shape index (κ3) is 6.48. The highest BCUT2D eigenvalue weighted by Crippen LogP contribution is 2.36. The number of aryl methyl sites for hydroxylation is 2. The zero-order valence-corrected chi connectivity index (χ0v) is 21.5. The van der Waals surface area contributed by atoms with Gasteiger partial charge in [-0.2, -0.15) is 0 Å². The van der Waals surface area contributed by atoms with E-state index in [1.165, 1.54) is 23.5 Å². The predicted molar refractivity (Wildman–Crippen MR) is 139 cm³/mol. The fraction of sp³-hybridized carbons (Fsp3) is 0.586. The summed E-state index contributed by atoms with van der Waals surface area (Å²) < 4.78 is 25.9. The Morgan fingerprint density at radius 3 is 2.92 bits per heavy atom. The largest absolute Gasteiger partial charge is 0.480 e. The van der Waals surface area contributed by atoms with Gasteiger partial charge in [0, 0.05) is 45.1 Å². The number of carbonyl (C=O) groups is 1. The highest BCUT2D eigenvalue weighted by Gasteiger charge is 2.36.